The zero-order valence-electron chi connectivity index (χ0n) is 13.4. The van der Waals surface area contributed by atoms with Crippen LogP contribution in [0.15, 0.2) is 24.3 Å². The fraction of sp³-hybridized carbons (Fsp3) is 0.667. The Hall–Kier alpha value is -1.02. The molecule has 1 atom stereocenters. The third-order valence-corrected chi connectivity index (χ3v) is 4.53. The first kappa shape index (κ1) is 15.4. The van der Waals surface area contributed by atoms with E-state index in [9.17, 15) is 0 Å². The predicted octanol–water partition coefficient (Wildman–Crippen LogP) is 4.62. The Kier molecular flexibility index (Phi) is 4.43. The molecule has 1 unspecified atom stereocenters. The van der Waals surface area contributed by atoms with E-state index >= 15 is 0 Å². The lowest BCUT2D eigenvalue weighted by Gasteiger charge is -2.30. The number of nitrogens with two attached hydrogens (primary N) is 1. The Morgan fingerprint density at radius 2 is 1.65 bits per heavy atom. The molecule has 1 aromatic rings. The van der Waals surface area contributed by atoms with Crippen molar-refractivity contribution in [2.24, 2.45) is 11.1 Å². The summed E-state index contributed by atoms with van der Waals surface area (Å²) >= 11 is 0. The first-order valence-corrected chi connectivity index (χ1v) is 7.87. The van der Waals surface area contributed by atoms with E-state index in [2.05, 4.69) is 38.1 Å². The van der Waals surface area contributed by atoms with Crippen LogP contribution in [0.4, 0.5) is 0 Å². The second-order valence-electron chi connectivity index (χ2n) is 7.36. The fourth-order valence-electron chi connectivity index (χ4n) is 3.12. The Morgan fingerprint density at radius 1 is 1.00 bits per heavy atom. The van der Waals surface area contributed by atoms with Crippen LogP contribution in [-0.4, -0.2) is 6.10 Å². The average molecular weight is 275 g/mol. The van der Waals surface area contributed by atoms with Crippen LogP contribution in [0.2, 0.25) is 0 Å². The summed E-state index contributed by atoms with van der Waals surface area (Å²) in [5.74, 6) is 0.932. The summed E-state index contributed by atoms with van der Waals surface area (Å²) < 4.78 is 5.71. The first-order chi connectivity index (χ1) is 9.31. The van der Waals surface area contributed by atoms with E-state index in [0.717, 1.165) is 18.6 Å². The Labute approximate surface area is 123 Å². The molecule has 0 saturated heterocycles. The van der Waals surface area contributed by atoms with Gasteiger partial charge in [0, 0.05) is 5.54 Å². The van der Waals surface area contributed by atoms with Crippen LogP contribution >= 0.6 is 0 Å². The molecule has 2 rings (SSSR count). The van der Waals surface area contributed by atoms with Gasteiger partial charge in [-0.25, -0.2) is 0 Å². The van der Waals surface area contributed by atoms with E-state index in [1.165, 1.54) is 24.8 Å². The average Bonchev–Trinajstić information content (AvgIpc) is 2.50. The molecule has 20 heavy (non-hydrogen) atoms. The lowest BCUT2D eigenvalue weighted by atomic mass is 9.81. The maximum atomic E-state index is 6.71. The smallest absolute Gasteiger partial charge is 0.119 e. The summed E-state index contributed by atoms with van der Waals surface area (Å²) in [5.41, 5.74) is 8.24. The standard InChI is InChI=1S/C18H29NO/c1-14(2)20-16-8-6-15(7-9-16)18(19)11-5-10-17(3,4)12-13-18/h6-9,14H,5,10-13,19H2,1-4H3. The lowest BCUT2D eigenvalue weighted by Crippen LogP contribution is -2.36. The minimum Gasteiger partial charge on any atom is -0.491 e. The van der Waals surface area contributed by atoms with E-state index in [1.54, 1.807) is 0 Å². The molecule has 2 nitrogen and oxygen atoms in total. The minimum absolute atomic E-state index is 0.163. The minimum atomic E-state index is -0.163. The van der Waals surface area contributed by atoms with Crippen LogP contribution in [0.3, 0.4) is 0 Å². The summed E-state index contributed by atoms with van der Waals surface area (Å²) in [6.45, 7) is 8.81. The van der Waals surface area contributed by atoms with Crippen molar-refractivity contribution in [1.29, 1.82) is 0 Å². The summed E-state index contributed by atoms with van der Waals surface area (Å²) in [5, 5.41) is 0. The molecule has 1 aliphatic carbocycles. The van der Waals surface area contributed by atoms with Gasteiger partial charge in [0.05, 0.1) is 6.10 Å². The number of benzene rings is 1. The third-order valence-electron chi connectivity index (χ3n) is 4.53. The van der Waals surface area contributed by atoms with E-state index in [-0.39, 0.29) is 11.6 Å². The van der Waals surface area contributed by atoms with Gasteiger partial charge in [0.25, 0.3) is 0 Å². The Balaban J connectivity index is 2.13. The van der Waals surface area contributed by atoms with Gasteiger partial charge in [0.1, 0.15) is 5.75 Å². The molecule has 1 fully saturated rings. The number of hydrogen-bond donors (Lipinski definition) is 1. The predicted molar refractivity (Wildman–Crippen MR) is 84.9 cm³/mol. The molecular weight excluding hydrogens is 246 g/mol. The van der Waals surface area contributed by atoms with Crippen LogP contribution in [0.5, 0.6) is 5.75 Å². The van der Waals surface area contributed by atoms with E-state index in [4.69, 9.17) is 10.5 Å². The van der Waals surface area contributed by atoms with Crippen molar-refractivity contribution in [3.63, 3.8) is 0 Å². The molecule has 2 N–H and O–H groups in total. The second-order valence-corrected chi connectivity index (χ2v) is 7.36. The highest BCUT2D eigenvalue weighted by atomic mass is 16.5. The van der Waals surface area contributed by atoms with Gasteiger partial charge in [-0.15, -0.1) is 0 Å². The summed E-state index contributed by atoms with van der Waals surface area (Å²) in [6, 6.07) is 8.41. The molecule has 0 heterocycles. The van der Waals surface area contributed by atoms with Gasteiger partial charge in [0.2, 0.25) is 0 Å². The lowest BCUT2D eigenvalue weighted by molar-refractivity contribution is 0.242. The molecule has 0 aliphatic heterocycles. The molecule has 0 spiro atoms. The second kappa shape index (κ2) is 5.77. The summed E-state index contributed by atoms with van der Waals surface area (Å²) in [4.78, 5) is 0. The van der Waals surface area contributed by atoms with Gasteiger partial charge in [-0.05, 0) is 62.6 Å². The van der Waals surface area contributed by atoms with Gasteiger partial charge < -0.3 is 10.5 Å². The van der Waals surface area contributed by atoms with Crippen molar-refractivity contribution < 1.29 is 4.74 Å². The fourth-order valence-corrected chi connectivity index (χ4v) is 3.12. The molecule has 0 amide bonds. The number of ether oxygens (including phenoxy) is 1. The van der Waals surface area contributed by atoms with Crippen molar-refractivity contribution in [3.8, 4) is 5.75 Å². The van der Waals surface area contributed by atoms with E-state index < -0.39 is 0 Å². The van der Waals surface area contributed by atoms with Gasteiger partial charge in [-0.3, -0.25) is 0 Å². The van der Waals surface area contributed by atoms with Crippen molar-refractivity contribution in [2.45, 2.75) is 71.4 Å². The topological polar surface area (TPSA) is 35.2 Å². The SMILES string of the molecule is CC(C)Oc1ccc(C2(N)CCCC(C)(C)CC2)cc1. The highest BCUT2D eigenvalue weighted by Crippen LogP contribution is 2.41. The molecule has 0 bridgehead atoms. The van der Waals surface area contributed by atoms with Crippen LogP contribution in [0.1, 0.15) is 65.4 Å². The van der Waals surface area contributed by atoms with Crippen molar-refractivity contribution >= 4 is 0 Å². The highest BCUT2D eigenvalue weighted by Gasteiger charge is 2.33. The maximum absolute atomic E-state index is 6.71. The molecule has 1 aromatic carbocycles. The van der Waals surface area contributed by atoms with Gasteiger partial charge in [-0.1, -0.05) is 32.4 Å². The van der Waals surface area contributed by atoms with Crippen LogP contribution < -0.4 is 10.5 Å². The quantitative estimate of drug-likeness (QED) is 0.817. The van der Waals surface area contributed by atoms with Crippen LogP contribution in [0.25, 0.3) is 0 Å². The molecule has 112 valence electrons. The summed E-state index contributed by atoms with van der Waals surface area (Å²) in [7, 11) is 0. The number of rotatable bonds is 3. The van der Waals surface area contributed by atoms with E-state index in [1.807, 2.05) is 13.8 Å². The Morgan fingerprint density at radius 3 is 2.25 bits per heavy atom. The molecule has 0 radical (unpaired) electrons. The van der Waals surface area contributed by atoms with E-state index in [0.29, 0.717) is 5.41 Å². The summed E-state index contributed by atoms with van der Waals surface area (Å²) in [6.07, 6.45) is 6.07. The van der Waals surface area contributed by atoms with Crippen molar-refractivity contribution in [1.82, 2.24) is 0 Å². The zero-order valence-corrected chi connectivity index (χ0v) is 13.4. The Bertz CT molecular complexity index is 435. The third kappa shape index (κ3) is 3.76. The van der Waals surface area contributed by atoms with Crippen LogP contribution in [0, 0.1) is 5.41 Å². The maximum Gasteiger partial charge on any atom is 0.119 e. The first-order valence-electron chi connectivity index (χ1n) is 7.87. The zero-order chi connectivity index (χ0) is 14.8. The van der Waals surface area contributed by atoms with Crippen molar-refractivity contribution in [3.05, 3.63) is 29.8 Å². The van der Waals surface area contributed by atoms with Gasteiger partial charge >= 0.3 is 0 Å². The van der Waals surface area contributed by atoms with Crippen molar-refractivity contribution in [2.75, 3.05) is 0 Å². The normalized spacial score (nSPS) is 26.3. The molecular formula is C18H29NO. The van der Waals surface area contributed by atoms with Gasteiger partial charge in [-0.2, -0.15) is 0 Å². The van der Waals surface area contributed by atoms with Gasteiger partial charge in [0.15, 0.2) is 0 Å². The largest absolute Gasteiger partial charge is 0.491 e. The molecule has 1 aliphatic rings. The highest BCUT2D eigenvalue weighted by molar-refractivity contribution is 5.32. The monoisotopic (exact) mass is 275 g/mol. The molecule has 1 saturated carbocycles. The van der Waals surface area contributed by atoms with Crippen LogP contribution in [-0.2, 0) is 5.54 Å². The number of hydrogen-bond acceptors (Lipinski definition) is 2. The molecule has 2 heteroatoms. The molecule has 0 aromatic heterocycles.